The number of halogens is 3. The van der Waals surface area contributed by atoms with Gasteiger partial charge in [-0.2, -0.15) is 9.29 Å². The topological polar surface area (TPSA) is 78.9 Å². The maximum atomic E-state index is 14.4. The second-order valence-corrected chi connectivity index (χ2v) is 11.1. The molecular formula is C24H24ClF2N5O3S. The summed E-state index contributed by atoms with van der Waals surface area (Å²) in [6.45, 7) is 3.23. The van der Waals surface area contributed by atoms with Gasteiger partial charge in [0, 0.05) is 56.8 Å². The zero-order valence-electron chi connectivity index (χ0n) is 19.5. The Bertz CT molecular complexity index is 1380. The molecule has 0 spiro atoms. The number of aromatic nitrogens is 2. The number of hydrogen-bond donors (Lipinski definition) is 0. The van der Waals surface area contributed by atoms with Gasteiger partial charge in [-0.05, 0) is 43.4 Å². The van der Waals surface area contributed by atoms with Gasteiger partial charge in [0.1, 0.15) is 5.82 Å². The summed E-state index contributed by atoms with van der Waals surface area (Å²) in [6, 6.07) is 8.93. The van der Waals surface area contributed by atoms with Crippen LogP contribution < -0.4 is 9.64 Å². The van der Waals surface area contributed by atoms with Crippen LogP contribution in [0.15, 0.2) is 47.4 Å². The molecule has 1 fully saturated rings. The molecule has 3 aromatic rings. The van der Waals surface area contributed by atoms with Crippen LogP contribution in [0.25, 0.3) is 0 Å². The number of ether oxygens (including phenoxy) is 1. The molecular weight excluding hydrogens is 512 g/mol. The summed E-state index contributed by atoms with van der Waals surface area (Å²) in [7, 11) is -1.80. The van der Waals surface area contributed by atoms with Crippen molar-refractivity contribution < 1.29 is 21.9 Å². The number of fused-ring (bicyclic) bond motifs is 1. The van der Waals surface area contributed by atoms with E-state index >= 15 is 0 Å². The predicted molar refractivity (Wildman–Crippen MR) is 131 cm³/mol. The number of likely N-dealkylation sites (N-methyl/N-ethyl adjacent to an activating group) is 1. The number of rotatable bonds is 5. The number of nitrogens with zero attached hydrogens (tertiary/aromatic N) is 5. The quantitative estimate of drug-likeness (QED) is 0.493. The van der Waals surface area contributed by atoms with E-state index in [1.165, 1.54) is 34.6 Å². The molecule has 0 bridgehead atoms. The van der Waals surface area contributed by atoms with E-state index in [-0.39, 0.29) is 29.6 Å². The molecule has 8 nitrogen and oxygen atoms in total. The first-order valence-corrected chi connectivity index (χ1v) is 13.2. The molecule has 36 heavy (non-hydrogen) atoms. The maximum absolute atomic E-state index is 14.4. The summed E-state index contributed by atoms with van der Waals surface area (Å²) < 4.78 is 61.6. The van der Waals surface area contributed by atoms with Gasteiger partial charge < -0.3 is 14.5 Å². The smallest absolute Gasteiger partial charge is 0.243 e. The Labute approximate surface area is 213 Å². The van der Waals surface area contributed by atoms with Crippen LogP contribution in [0.4, 0.5) is 14.7 Å². The van der Waals surface area contributed by atoms with Crippen molar-refractivity contribution in [2.75, 3.05) is 44.7 Å². The Morgan fingerprint density at radius 3 is 2.39 bits per heavy atom. The molecule has 2 aliphatic heterocycles. The second kappa shape index (κ2) is 9.89. The lowest BCUT2D eigenvalue weighted by molar-refractivity contribution is 0.309. The van der Waals surface area contributed by atoms with Crippen LogP contribution in [0, 0.1) is 11.6 Å². The fraction of sp³-hybridized carbons (Fsp3) is 0.333. The molecule has 0 radical (unpaired) electrons. The third-order valence-corrected chi connectivity index (χ3v) is 8.42. The van der Waals surface area contributed by atoms with Gasteiger partial charge in [-0.15, -0.1) is 0 Å². The SMILES string of the molecule is CN1CCN(c2nc3c(c(Oc4ccc(F)cc4F)n2)CN(S(=O)(=O)c2ccc(Cl)cc2)CC3)CC1. The molecule has 0 aliphatic carbocycles. The van der Waals surface area contributed by atoms with E-state index in [0.717, 1.165) is 25.2 Å². The molecule has 12 heteroatoms. The molecule has 190 valence electrons. The summed E-state index contributed by atoms with van der Waals surface area (Å²) >= 11 is 5.92. The Balaban J connectivity index is 1.52. The summed E-state index contributed by atoms with van der Waals surface area (Å²) in [5.41, 5.74) is 1.08. The average Bonchev–Trinajstić information content (AvgIpc) is 2.86. The van der Waals surface area contributed by atoms with E-state index < -0.39 is 21.7 Å². The number of piperazine rings is 1. The predicted octanol–water partition coefficient (Wildman–Crippen LogP) is 3.70. The Kier molecular flexibility index (Phi) is 6.82. The van der Waals surface area contributed by atoms with Crippen LogP contribution in [0.2, 0.25) is 5.02 Å². The van der Waals surface area contributed by atoms with E-state index in [9.17, 15) is 17.2 Å². The minimum absolute atomic E-state index is 0.0513. The van der Waals surface area contributed by atoms with Gasteiger partial charge in [0.05, 0.1) is 16.2 Å². The minimum Gasteiger partial charge on any atom is -0.435 e. The van der Waals surface area contributed by atoms with Gasteiger partial charge in [-0.1, -0.05) is 11.6 Å². The lowest BCUT2D eigenvalue weighted by Gasteiger charge is -2.34. The van der Waals surface area contributed by atoms with Crippen molar-refractivity contribution in [3.05, 3.63) is 70.4 Å². The van der Waals surface area contributed by atoms with Gasteiger partial charge in [0.2, 0.25) is 21.9 Å². The molecule has 0 saturated carbocycles. The first kappa shape index (κ1) is 24.8. The van der Waals surface area contributed by atoms with Crippen LogP contribution in [0.3, 0.4) is 0 Å². The molecule has 1 aromatic heterocycles. The summed E-state index contributed by atoms with van der Waals surface area (Å²) in [5, 5.41) is 0.430. The highest BCUT2D eigenvalue weighted by Gasteiger charge is 2.33. The molecule has 0 unspecified atom stereocenters. The van der Waals surface area contributed by atoms with E-state index in [0.29, 0.717) is 41.7 Å². The van der Waals surface area contributed by atoms with Crippen LogP contribution >= 0.6 is 11.6 Å². The first-order valence-electron chi connectivity index (χ1n) is 11.4. The Morgan fingerprint density at radius 2 is 1.69 bits per heavy atom. The number of anilines is 1. The highest BCUT2D eigenvalue weighted by Crippen LogP contribution is 2.34. The number of sulfonamides is 1. The van der Waals surface area contributed by atoms with Crippen molar-refractivity contribution in [3.63, 3.8) is 0 Å². The monoisotopic (exact) mass is 535 g/mol. The van der Waals surface area contributed by atoms with Crippen molar-refractivity contribution in [2.45, 2.75) is 17.9 Å². The van der Waals surface area contributed by atoms with Crippen molar-refractivity contribution in [1.82, 2.24) is 19.2 Å². The molecule has 0 amide bonds. The van der Waals surface area contributed by atoms with E-state index in [4.69, 9.17) is 21.3 Å². The zero-order valence-corrected chi connectivity index (χ0v) is 21.1. The minimum atomic E-state index is -3.84. The third kappa shape index (κ3) is 5.01. The second-order valence-electron chi connectivity index (χ2n) is 8.76. The molecule has 5 rings (SSSR count). The lowest BCUT2D eigenvalue weighted by Crippen LogP contribution is -2.45. The van der Waals surface area contributed by atoms with Crippen LogP contribution in [-0.4, -0.2) is 67.4 Å². The first-order chi connectivity index (χ1) is 17.2. The summed E-state index contributed by atoms with van der Waals surface area (Å²) in [6.07, 6.45) is 0.327. The summed E-state index contributed by atoms with van der Waals surface area (Å²) in [4.78, 5) is 13.6. The molecule has 0 N–H and O–H groups in total. The molecule has 1 saturated heterocycles. The molecule has 0 atom stereocenters. The molecule has 3 heterocycles. The average molecular weight is 536 g/mol. The van der Waals surface area contributed by atoms with Gasteiger partial charge >= 0.3 is 0 Å². The number of benzene rings is 2. The fourth-order valence-electron chi connectivity index (χ4n) is 4.20. The van der Waals surface area contributed by atoms with Crippen molar-refractivity contribution in [3.8, 4) is 11.6 Å². The molecule has 2 aromatic carbocycles. The van der Waals surface area contributed by atoms with Crippen LogP contribution in [-0.2, 0) is 23.0 Å². The Morgan fingerprint density at radius 1 is 0.972 bits per heavy atom. The third-order valence-electron chi connectivity index (χ3n) is 6.31. The maximum Gasteiger partial charge on any atom is 0.243 e. The highest BCUT2D eigenvalue weighted by atomic mass is 35.5. The fourth-order valence-corrected chi connectivity index (χ4v) is 5.74. The summed E-state index contributed by atoms with van der Waals surface area (Å²) in [5.74, 6) is -1.34. The number of hydrogen-bond acceptors (Lipinski definition) is 7. The van der Waals surface area contributed by atoms with E-state index in [1.807, 2.05) is 11.9 Å². The van der Waals surface area contributed by atoms with Gasteiger partial charge in [0.15, 0.2) is 11.6 Å². The van der Waals surface area contributed by atoms with E-state index in [1.54, 1.807) is 0 Å². The van der Waals surface area contributed by atoms with Crippen molar-refractivity contribution >= 4 is 27.6 Å². The largest absolute Gasteiger partial charge is 0.435 e. The van der Waals surface area contributed by atoms with Crippen molar-refractivity contribution in [1.29, 1.82) is 0 Å². The van der Waals surface area contributed by atoms with Gasteiger partial charge in [-0.3, -0.25) is 0 Å². The van der Waals surface area contributed by atoms with E-state index in [2.05, 4.69) is 9.88 Å². The van der Waals surface area contributed by atoms with Gasteiger partial charge in [0.25, 0.3) is 0 Å². The molecule has 2 aliphatic rings. The Hall–Kier alpha value is -2.86. The van der Waals surface area contributed by atoms with Crippen LogP contribution in [0.1, 0.15) is 11.3 Å². The van der Waals surface area contributed by atoms with Crippen molar-refractivity contribution in [2.24, 2.45) is 0 Å². The van der Waals surface area contributed by atoms with Gasteiger partial charge in [-0.25, -0.2) is 22.2 Å². The lowest BCUT2D eigenvalue weighted by atomic mass is 10.1. The zero-order chi connectivity index (χ0) is 25.4. The van der Waals surface area contributed by atoms with Crippen LogP contribution in [0.5, 0.6) is 11.6 Å². The normalized spacial score (nSPS) is 17.2. The standard InChI is InChI=1S/C24H24ClF2N5O3S/c1-30-10-12-31(13-11-30)24-28-21-8-9-32(36(33,34)18-5-2-16(25)3-6-18)15-19(21)23(29-24)35-22-7-4-17(26)14-20(22)27/h2-7,14H,8-13,15H2,1H3. The highest BCUT2D eigenvalue weighted by molar-refractivity contribution is 7.89.